The number of halogens is 1. The number of fused-ring (bicyclic) bond motifs is 1. The van der Waals surface area contributed by atoms with Crippen molar-refractivity contribution in [1.82, 2.24) is 0 Å². The third-order valence-corrected chi connectivity index (χ3v) is 5.80. The summed E-state index contributed by atoms with van der Waals surface area (Å²) in [7, 11) is 1.65. The molecule has 1 aromatic rings. The van der Waals surface area contributed by atoms with E-state index in [0.717, 1.165) is 28.9 Å². The summed E-state index contributed by atoms with van der Waals surface area (Å²) in [6.07, 6.45) is 5.65. The third kappa shape index (κ3) is 1.81. The highest BCUT2D eigenvalue weighted by Gasteiger charge is 2.48. The Morgan fingerprint density at radius 1 is 1.35 bits per heavy atom. The Hall–Kier alpha value is -1.02. The zero-order valence-electron chi connectivity index (χ0n) is 12.4. The van der Waals surface area contributed by atoms with Gasteiger partial charge in [0.2, 0.25) is 0 Å². The number of methoxy groups -OCH3 is 1. The summed E-state index contributed by atoms with van der Waals surface area (Å²) in [5, 5.41) is 0.589. The minimum Gasteiger partial charge on any atom is -0.496 e. The lowest BCUT2D eigenvalue weighted by atomic mass is 9.73. The molecule has 0 spiro atoms. The van der Waals surface area contributed by atoms with Crippen LogP contribution in [-0.4, -0.2) is 12.9 Å². The van der Waals surface area contributed by atoms with Gasteiger partial charge in [0.05, 0.1) is 12.1 Å². The molecule has 1 unspecified atom stereocenters. The molecule has 108 valence electrons. The van der Waals surface area contributed by atoms with Crippen molar-refractivity contribution in [2.45, 2.75) is 46.0 Å². The van der Waals surface area contributed by atoms with Crippen molar-refractivity contribution in [3.8, 4) is 5.75 Å². The standard InChI is InChI=1S/C17H21ClO2/c1-10-13(20-3)8-11-9-17(2,12-6-4-5-7-12)16(19)14(11)15(10)18/h8,12H,4-7,9H2,1-3H3. The van der Waals surface area contributed by atoms with Crippen LogP contribution >= 0.6 is 11.6 Å². The molecule has 3 heteroatoms. The number of carbonyl (C=O) groups excluding carboxylic acids is 1. The normalized spacial score (nSPS) is 26.1. The van der Waals surface area contributed by atoms with Crippen molar-refractivity contribution in [2.24, 2.45) is 11.3 Å². The lowest BCUT2D eigenvalue weighted by molar-refractivity contribution is 0.0744. The number of ketones is 1. The molecule has 3 rings (SSSR count). The molecule has 0 heterocycles. The molecule has 2 aliphatic rings. The van der Waals surface area contributed by atoms with Gasteiger partial charge in [-0.25, -0.2) is 0 Å². The molecule has 1 atom stereocenters. The summed E-state index contributed by atoms with van der Waals surface area (Å²) < 4.78 is 5.38. The molecular formula is C17H21ClO2. The fourth-order valence-electron chi connectivity index (χ4n) is 4.03. The zero-order valence-corrected chi connectivity index (χ0v) is 13.1. The lowest BCUT2D eigenvalue weighted by Gasteiger charge is -2.29. The van der Waals surface area contributed by atoms with Crippen LogP contribution in [0.3, 0.4) is 0 Å². The number of carbonyl (C=O) groups is 1. The highest BCUT2D eigenvalue weighted by molar-refractivity contribution is 6.35. The zero-order chi connectivity index (χ0) is 14.5. The van der Waals surface area contributed by atoms with E-state index in [1.165, 1.54) is 25.7 Å². The topological polar surface area (TPSA) is 26.3 Å². The second kappa shape index (κ2) is 4.77. The van der Waals surface area contributed by atoms with E-state index < -0.39 is 0 Å². The van der Waals surface area contributed by atoms with Gasteiger partial charge >= 0.3 is 0 Å². The summed E-state index contributed by atoms with van der Waals surface area (Å²) in [5.41, 5.74) is 2.43. The number of benzene rings is 1. The molecule has 1 aromatic carbocycles. The van der Waals surface area contributed by atoms with Crippen LogP contribution in [-0.2, 0) is 6.42 Å². The van der Waals surface area contributed by atoms with E-state index in [0.29, 0.717) is 10.9 Å². The summed E-state index contributed by atoms with van der Waals surface area (Å²) in [6.45, 7) is 4.05. The number of rotatable bonds is 2. The van der Waals surface area contributed by atoms with E-state index in [-0.39, 0.29) is 11.2 Å². The maximum atomic E-state index is 13.0. The summed E-state index contributed by atoms with van der Waals surface area (Å²) >= 11 is 6.45. The van der Waals surface area contributed by atoms with Crippen molar-refractivity contribution in [3.63, 3.8) is 0 Å². The van der Waals surface area contributed by atoms with E-state index in [9.17, 15) is 4.79 Å². The SMILES string of the molecule is COc1cc2c(c(Cl)c1C)C(=O)C(C)(C1CCCC1)C2. The van der Waals surface area contributed by atoms with E-state index in [1.54, 1.807) is 7.11 Å². The molecule has 1 saturated carbocycles. The molecule has 0 radical (unpaired) electrons. The van der Waals surface area contributed by atoms with Crippen molar-refractivity contribution in [1.29, 1.82) is 0 Å². The second-order valence-corrected chi connectivity index (χ2v) is 6.83. The van der Waals surface area contributed by atoms with Gasteiger partial charge in [-0.15, -0.1) is 0 Å². The summed E-state index contributed by atoms with van der Waals surface area (Å²) in [5.74, 6) is 1.54. The van der Waals surface area contributed by atoms with Gasteiger partial charge in [0.1, 0.15) is 5.75 Å². The van der Waals surface area contributed by atoms with Crippen LogP contribution in [0, 0.1) is 18.3 Å². The molecule has 0 N–H and O–H groups in total. The van der Waals surface area contributed by atoms with Crippen molar-refractivity contribution in [2.75, 3.05) is 7.11 Å². The van der Waals surface area contributed by atoms with Gasteiger partial charge in [0, 0.05) is 16.5 Å². The number of hydrogen-bond donors (Lipinski definition) is 0. The highest BCUT2D eigenvalue weighted by Crippen LogP contribution is 2.51. The maximum Gasteiger partial charge on any atom is 0.171 e. The fraction of sp³-hybridized carbons (Fsp3) is 0.588. The maximum absolute atomic E-state index is 13.0. The van der Waals surface area contributed by atoms with Crippen molar-refractivity contribution < 1.29 is 9.53 Å². The van der Waals surface area contributed by atoms with Crippen LogP contribution in [0.5, 0.6) is 5.75 Å². The number of Topliss-reactive ketones (excluding diaryl/α,β-unsaturated/α-hetero) is 1. The molecule has 0 aromatic heterocycles. The molecule has 0 amide bonds. The molecule has 2 nitrogen and oxygen atoms in total. The Bertz CT molecular complexity index is 573. The van der Waals surface area contributed by atoms with Gasteiger partial charge in [-0.1, -0.05) is 31.4 Å². The van der Waals surface area contributed by atoms with E-state index in [2.05, 4.69) is 6.92 Å². The predicted molar refractivity (Wildman–Crippen MR) is 80.8 cm³/mol. The van der Waals surface area contributed by atoms with Gasteiger partial charge in [-0.3, -0.25) is 4.79 Å². The average Bonchev–Trinajstić information content (AvgIpc) is 3.03. The quantitative estimate of drug-likeness (QED) is 0.797. The van der Waals surface area contributed by atoms with E-state index in [1.807, 2.05) is 13.0 Å². The average molecular weight is 293 g/mol. The van der Waals surface area contributed by atoms with E-state index >= 15 is 0 Å². The summed E-state index contributed by atoms with van der Waals surface area (Å²) in [4.78, 5) is 13.0. The minimum atomic E-state index is -0.263. The van der Waals surface area contributed by atoms with Gasteiger partial charge in [-0.05, 0) is 43.7 Å². The first-order valence-corrected chi connectivity index (χ1v) is 7.77. The fourth-order valence-corrected chi connectivity index (χ4v) is 4.33. The molecule has 2 aliphatic carbocycles. The van der Waals surface area contributed by atoms with Crippen LogP contribution < -0.4 is 4.74 Å². The molecule has 20 heavy (non-hydrogen) atoms. The number of hydrogen-bond acceptors (Lipinski definition) is 2. The Kier molecular flexibility index (Phi) is 3.32. The molecule has 0 bridgehead atoms. The van der Waals surface area contributed by atoms with Gasteiger partial charge in [0.25, 0.3) is 0 Å². The molecule has 0 saturated heterocycles. The molecule has 0 aliphatic heterocycles. The van der Waals surface area contributed by atoms with Crippen LogP contribution in [0.2, 0.25) is 5.02 Å². The monoisotopic (exact) mass is 292 g/mol. The van der Waals surface area contributed by atoms with Crippen molar-refractivity contribution in [3.05, 3.63) is 27.8 Å². The Morgan fingerprint density at radius 3 is 2.60 bits per heavy atom. The van der Waals surface area contributed by atoms with Gasteiger partial charge in [-0.2, -0.15) is 0 Å². The largest absolute Gasteiger partial charge is 0.496 e. The molecule has 1 fully saturated rings. The number of ether oxygens (including phenoxy) is 1. The van der Waals surface area contributed by atoms with Crippen LogP contribution in [0.1, 0.15) is 54.1 Å². The Labute approximate surface area is 125 Å². The molecular weight excluding hydrogens is 272 g/mol. The van der Waals surface area contributed by atoms with Gasteiger partial charge < -0.3 is 4.74 Å². The van der Waals surface area contributed by atoms with Crippen molar-refractivity contribution >= 4 is 17.4 Å². The van der Waals surface area contributed by atoms with Crippen LogP contribution in [0.15, 0.2) is 6.07 Å². The minimum absolute atomic E-state index is 0.246. The first kappa shape index (κ1) is 13.9. The lowest BCUT2D eigenvalue weighted by Crippen LogP contribution is -2.32. The predicted octanol–water partition coefficient (Wildman–Crippen LogP) is 4.59. The van der Waals surface area contributed by atoms with Gasteiger partial charge in [0.15, 0.2) is 5.78 Å². The first-order chi connectivity index (χ1) is 9.49. The Balaban J connectivity index is 2.08. The second-order valence-electron chi connectivity index (χ2n) is 6.46. The van der Waals surface area contributed by atoms with E-state index in [4.69, 9.17) is 16.3 Å². The highest BCUT2D eigenvalue weighted by atomic mass is 35.5. The first-order valence-electron chi connectivity index (χ1n) is 7.40. The Morgan fingerprint density at radius 2 is 2.00 bits per heavy atom. The van der Waals surface area contributed by atoms with Crippen LogP contribution in [0.4, 0.5) is 0 Å². The van der Waals surface area contributed by atoms with Crippen LogP contribution in [0.25, 0.3) is 0 Å². The third-order valence-electron chi connectivity index (χ3n) is 5.32. The summed E-state index contributed by atoms with van der Waals surface area (Å²) in [6, 6.07) is 2.01. The smallest absolute Gasteiger partial charge is 0.171 e.